The molecule has 2 N–H and O–H groups in total. The third-order valence-corrected chi connectivity index (χ3v) is 6.03. The minimum atomic E-state index is -0.128. The van der Waals surface area contributed by atoms with E-state index in [1.165, 1.54) is 0 Å². The fraction of sp³-hybridized carbons (Fsp3) is 0.179. The Morgan fingerprint density at radius 3 is 2.52 bits per heavy atom. The molecule has 1 amide bonds. The van der Waals surface area contributed by atoms with Crippen LogP contribution in [0, 0.1) is 6.92 Å². The summed E-state index contributed by atoms with van der Waals surface area (Å²) in [6.45, 7) is 5.62. The van der Waals surface area contributed by atoms with Crippen molar-refractivity contribution in [2.75, 3.05) is 36.4 Å². The number of hydrogen-bond donors (Lipinski definition) is 2. The largest absolute Gasteiger partial charge is 0.457 e. The summed E-state index contributed by atoms with van der Waals surface area (Å²) < 4.78 is 6.17. The molecule has 1 heterocycles. The highest BCUT2D eigenvalue weighted by Gasteiger charge is 2.18. The van der Waals surface area contributed by atoms with Crippen LogP contribution >= 0.6 is 0 Å². The van der Waals surface area contributed by atoms with E-state index in [0.29, 0.717) is 11.3 Å². The molecule has 0 atom stereocenters. The van der Waals surface area contributed by atoms with Gasteiger partial charge >= 0.3 is 0 Å². The molecule has 4 aromatic rings. The molecule has 1 aliphatic rings. The smallest absolute Gasteiger partial charge is 0.256 e. The Hall–Kier alpha value is -3.83. The van der Waals surface area contributed by atoms with Crippen molar-refractivity contribution in [3.05, 3.63) is 96.1 Å². The van der Waals surface area contributed by atoms with Gasteiger partial charge < -0.3 is 20.3 Å². The van der Waals surface area contributed by atoms with Crippen LogP contribution in [0.1, 0.15) is 15.9 Å². The Kier molecular flexibility index (Phi) is 5.96. The maximum absolute atomic E-state index is 13.4. The average Bonchev–Trinajstić information content (AvgIpc) is 2.86. The molecule has 0 unspecified atom stereocenters. The van der Waals surface area contributed by atoms with E-state index in [2.05, 4.69) is 15.5 Å². The van der Waals surface area contributed by atoms with E-state index < -0.39 is 0 Å². The normalized spacial score (nSPS) is 13.7. The van der Waals surface area contributed by atoms with Crippen molar-refractivity contribution >= 4 is 28.1 Å². The third-order valence-electron chi connectivity index (χ3n) is 6.03. The SMILES string of the molecule is Cc1ccccc1Oc1ccc(N2CCNCC2)c(NC(=O)c2cccc3ccccc23)c1. The molecule has 5 heteroatoms. The number of para-hydroxylation sites is 1. The van der Waals surface area contributed by atoms with Gasteiger partial charge in [0, 0.05) is 37.8 Å². The monoisotopic (exact) mass is 437 g/mol. The molecule has 0 bridgehead atoms. The first-order valence-corrected chi connectivity index (χ1v) is 11.3. The maximum atomic E-state index is 13.4. The number of nitrogens with one attached hydrogen (secondary N) is 2. The van der Waals surface area contributed by atoms with Gasteiger partial charge in [-0.2, -0.15) is 0 Å². The number of piperazine rings is 1. The zero-order valence-corrected chi connectivity index (χ0v) is 18.7. The van der Waals surface area contributed by atoms with Gasteiger partial charge in [-0.05, 0) is 47.5 Å². The van der Waals surface area contributed by atoms with Gasteiger partial charge in [-0.1, -0.05) is 54.6 Å². The van der Waals surface area contributed by atoms with Crippen LogP contribution < -0.4 is 20.3 Å². The summed E-state index contributed by atoms with van der Waals surface area (Å²) in [5.74, 6) is 1.37. The van der Waals surface area contributed by atoms with E-state index in [1.807, 2.05) is 91.9 Å². The summed E-state index contributed by atoms with van der Waals surface area (Å²) in [5, 5.41) is 8.55. The standard InChI is InChI=1S/C28H27N3O2/c1-20-7-2-5-12-27(20)33-22-13-14-26(31-17-15-29-16-18-31)25(19-22)30-28(32)24-11-6-9-21-8-3-4-10-23(21)24/h2-14,19,29H,15-18H2,1H3,(H,30,32). The summed E-state index contributed by atoms with van der Waals surface area (Å²) in [7, 11) is 0. The van der Waals surface area contributed by atoms with Gasteiger partial charge in [0.2, 0.25) is 0 Å². The van der Waals surface area contributed by atoms with Crippen molar-refractivity contribution in [3.63, 3.8) is 0 Å². The molecule has 0 aliphatic carbocycles. The van der Waals surface area contributed by atoms with Gasteiger partial charge in [-0.3, -0.25) is 4.79 Å². The number of carbonyl (C=O) groups is 1. The Bertz CT molecular complexity index is 1290. The van der Waals surface area contributed by atoms with Gasteiger partial charge in [0.25, 0.3) is 5.91 Å². The van der Waals surface area contributed by atoms with E-state index in [-0.39, 0.29) is 5.91 Å². The summed E-state index contributed by atoms with van der Waals surface area (Å²) >= 11 is 0. The molecule has 4 aromatic carbocycles. The van der Waals surface area contributed by atoms with Crippen LogP contribution in [0.5, 0.6) is 11.5 Å². The molecular formula is C28H27N3O2. The molecular weight excluding hydrogens is 410 g/mol. The number of benzene rings is 4. The lowest BCUT2D eigenvalue weighted by Gasteiger charge is -2.31. The predicted octanol–water partition coefficient (Wildman–Crippen LogP) is 5.60. The molecule has 1 fully saturated rings. The average molecular weight is 438 g/mol. The van der Waals surface area contributed by atoms with Crippen LogP contribution in [-0.4, -0.2) is 32.1 Å². The molecule has 0 aromatic heterocycles. The molecule has 1 aliphatic heterocycles. The van der Waals surface area contributed by atoms with Crippen molar-refractivity contribution in [3.8, 4) is 11.5 Å². The van der Waals surface area contributed by atoms with Gasteiger partial charge in [0.05, 0.1) is 11.4 Å². The van der Waals surface area contributed by atoms with E-state index in [0.717, 1.165) is 59.6 Å². The van der Waals surface area contributed by atoms with Crippen molar-refractivity contribution in [2.45, 2.75) is 6.92 Å². The second-order valence-electron chi connectivity index (χ2n) is 8.26. The Morgan fingerprint density at radius 1 is 0.909 bits per heavy atom. The fourth-order valence-corrected chi connectivity index (χ4v) is 4.27. The number of carbonyl (C=O) groups excluding carboxylic acids is 1. The highest BCUT2D eigenvalue weighted by molar-refractivity contribution is 6.13. The molecule has 5 nitrogen and oxygen atoms in total. The number of aryl methyl sites for hydroxylation is 1. The molecule has 0 saturated carbocycles. The third kappa shape index (κ3) is 4.54. The summed E-state index contributed by atoms with van der Waals surface area (Å²) in [6, 6.07) is 27.6. The lowest BCUT2D eigenvalue weighted by atomic mass is 10.0. The van der Waals surface area contributed by atoms with Crippen molar-refractivity contribution in [1.29, 1.82) is 0 Å². The summed E-state index contributed by atoms with van der Waals surface area (Å²) in [5.41, 5.74) is 3.47. The van der Waals surface area contributed by atoms with Crippen LogP contribution in [-0.2, 0) is 0 Å². The van der Waals surface area contributed by atoms with Crippen molar-refractivity contribution in [2.24, 2.45) is 0 Å². The molecule has 166 valence electrons. The topological polar surface area (TPSA) is 53.6 Å². The Labute approximate surface area is 194 Å². The predicted molar refractivity (Wildman–Crippen MR) is 135 cm³/mol. The van der Waals surface area contributed by atoms with Crippen molar-refractivity contribution < 1.29 is 9.53 Å². The van der Waals surface area contributed by atoms with Crippen LogP contribution in [0.2, 0.25) is 0 Å². The molecule has 1 saturated heterocycles. The number of rotatable bonds is 5. The van der Waals surface area contributed by atoms with Crippen LogP contribution in [0.25, 0.3) is 10.8 Å². The molecule has 0 spiro atoms. The zero-order valence-electron chi connectivity index (χ0n) is 18.7. The van der Waals surface area contributed by atoms with E-state index >= 15 is 0 Å². The van der Waals surface area contributed by atoms with E-state index in [1.54, 1.807) is 0 Å². The number of nitrogens with zero attached hydrogens (tertiary/aromatic N) is 1. The second kappa shape index (κ2) is 9.35. The Morgan fingerprint density at radius 2 is 1.67 bits per heavy atom. The minimum absolute atomic E-state index is 0.128. The molecule has 33 heavy (non-hydrogen) atoms. The van der Waals surface area contributed by atoms with Gasteiger partial charge in [0.1, 0.15) is 11.5 Å². The Balaban J connectivity index is 1.50. The van der Waals surface area contributed by atoms with Gasteiger partial charge in [0.15, 0.2) is 0 Å². The van der Waals surface area contributed by atoms with Gasteiger partial charge in [-0.15, -0.1) is 0 Å². The first kappa shape index (κ1) is 21.0. The maximum Gasteiger partial charge on any atom is 0.256 e. The second-order valence-corrected chi connectivity index (χ2v) is 8.26. The summed E-state index contributed by atoms with van der Waals surface area (Å²) in [4.78, 5) is 15.7. The lowest BCUT2D eigenvalue weighted by molar-refractivity contribution is 0.102. The number of fused-ring (bicyclic) bond motifs is 1. The van der Waals surface area contributed by atoms with Gasteiger partial charge in [-0.25, -0.2) is 0 Å². The van der Waals surface area contributed by atoms with Crippen LogP contribution in [0.15, 0.2) is 84.9 Å². The highest BCUT2D eigenvalue weighted by atomic mass is 16.5. The first-order valence-electron chi connectivity index (χ1n) is 11.3. The minimum Gasteiger partial charge on any atom is -0.457 e. The number of hydrogen-bond acceptors (Lipinski definition) is 4. The van der Waals surface area contributed by atoms with Crippen molar-refractivity contribution in [1.82, 2.24) is 5.32 Å². The van der Waals surface area contributed by atoms with E-state index in [4.69, 9.17) is 4.74 Å². The molecule has 0 radical (unpaired) electrons. The highest BCUT2D eigenvalue weighted by Crippen LogP contribution is 2.34. The zero-order chi connectivity index (χ0) is 22.6. The lowest BCUT2D eigenvalue weighted by Crippen LogP contribution is -2.43. The fourth-order valence-electron chi connectivity index (χ4n) is 4.27. The van der Waals surface area contributed by atoms with E-state index in [9.17, 15) is 4.79 Å². The van der Waals surface area contributed by atoms with Crippen LogP contribution in [0.4, 0.5) is 11.4 Å². The quantitative estimate of drug-likeness (QED) is 0.427. The number of ether oxygens (including phenoxy) is 1. The number of amides is 1. The summed E-state index contributed by atoms with van der Waals surface area (Å²) in [6.07, 6.45) is 0. The van der Waals surface area contributed by atoms with Crippen LogP contribution in [0.3, 0.4) is 0 Å². The first-order chi connectivity index (χ1) is 16.2. The molecule has 5 rings (SSSR count). The number of anilines is 2.